The van der Waals surface area contributed by atoms with Crippen LogP contribution in [0.4, 0.5) is 0 Å². The minimum absolute atomic E-state index is 0.0169. The van der Waals surface area contributed by atoms with Crippen LogP contribution >= 0.6 is 0 Å². The number of carbonyl (C=O) groups excluding carboxylic acids is 6. The number of guanidine groups is 1. The Morgan fingerprint density at radius 2 is 1.07 bits per heavy atom. The van der Waals surface area contributed by atoms with Crippen molar-refractivity contribution < 1.29 is 59.1 Å². The number of nitrogens with two attached hydrogens (primary N) is 3. The lowest BCUT2D eigenvalue weighted by molar-refractivity contribution is -0.143. The van der Waals surface area contributed by atoms with Gasteiger partial charge in [0.25, 0.3) is 0 Å². The molecule has 6 amide bonds. The minimum Gasteiger partial charge on any atom is -0.508 e. The number of nitrogens with one attached hydrogen (secondary N) is 6. The Labute approximate surface area is 333 Å². The number of hydrogen-bond donors (Lipinski definition) is 14. The van der Waals surface area contributed by atoms with Gasteiger partial charge in [0.05, 0.1) is 19.8 Å². The molecule has 0 saturated heterocycles. The molecule has 17 N–H and O–H groups in total. The Hall–Kier alpha value is -6.36. The summed E-state index contributed by atoms with van der Waals surface area (Å²) < 4.78 is 0. The number of phenolic OH excluding ortho intramolecular Hbond substituents is 1. The average molecular weight is 817 g/mol. The molecule has 0 radical (unpaired) electrons. The second-order valence-electron chi connectivity index (χ2n) is 13.0. The van der Waals surface area contributed by atoms with Gasteiger partial charge in [-0.05, 0) is 43.0 Å². The van der Waals surface area contributed by atoms with E-state index in [2.05, 4.69) is 36.9 Å². The number of aliphatic carboxylic acids is 1. The number of amides is 6. The van der Waals surface area contributed by atoms with Crippen LogP contribution in [0, 0.1) is 0 Å². The summed E-state index contributed by atoms with van der Waals surface area (Å²) in [6, 6.07) is 3.67. The van der Waals surface area contributed by atoms with Gasteiger partial charge in [-0.1, -0.05) is 42.5 Å². The van der Waals surface area contributed by atoms with Crippen molar-refractivity contribution in [1.82, 2.24) is 31.9 Å². The number of carbonyl (C=O) groups is 7. The van der Waals surface area contributed by atoms with Crippen LogP contribution < -0.4 is 49.1 Å². The molecular formula is C36H52N10O12. The molecular weight excluding hydrogens is 764 g/mol. The standard InChI is InChI=1S/C36H52N10O12/c1-19(41-30(52)23(37)16-47)29(51)45-27(17-48)34(56)44-25(14-20-6-3-2-4-7-20)32(54)42-24(8-5-13-40-36(38)39)31(53)43-26(15-21-9-11-22(50)12-10-21)33(55)46-28(18-49)35(57)58/h2-4,6-7,9-12,19,23-28,47-50H,5,8,13-18,37H2,1H3,(H,41,52)(H,42,54)(H,43,53)(H,44,56)(H,45,51)(H,46,55)(H,57,58)(H4,38,39,40)/t19-,23-,24-,25-,26-,27-,28-/m0/s1. The third-order valence-corrected chi connectivity index (χ3v) is 8.40. The predicted octanol–water partition coefficient (Wildman–Crippen LogP) is -5.45. The summed E-state index contributed by atoms with van der Waals surface area (Å²) in [6.07, 6.45) is -0.381. The molecule has 22 heteroatoms. The Morgan fingerprint density at radius 1 is 0.603 bits per heavy atom. The topological polar surface area (TPSA) is 383 Å². The Bertz CT molecular complexity index is 1730. The van der Waals surface area contributed by atoms with Gasteiger partial charge in [0.15, 0.2) is 5.96 Å². The van der Waals surface area contributed by atoms with Gasteiger partial charge in [-0.2, -0.15) is 0 Å². The van der Waals surface area contributed by atoms with Gasteiger partial charge >= 0.3 is 5.97 Å². The van der Waals surface area contributed by atoms with E-state index in [0.717, 1.165) is 0 Å². The smallest absolute Gasteiger partial charge is 0.328 e. The van der Waals surface area contributed by atoms with E-state index in [0.29, 0.717) is 11.1 Å². The summed E-state index contributed by atoms with van der Waals surface area (Å²) in [4.78, 5) is 94.9. The third kappa shape index (κ3) is 16.4. The maximum absolute atomic E-state index is 14.0. The highest BCUT2D eigenvalue weighted by atomic mass is 16.4. The SMILES string of the molecule is C[C@H](NC(=O)[C@@H](N)CO)C(=O)N[C@@H](CO)C(=O)N[C@@H](Cc1ccccc1)C(=O)N[C@@H](CCCN=C(N)N)C(=O)N[C@@H](Cc1ccc(O)cc1)C(=O)N[C@@H](CO)C(=O)O. The first-order valence-corrected chi connectivity index (χ1v) is 18.0. The van der Waals surface area contributed by atoms with E-state index in [9.17, 15) is 54.0 Å². The molecule has 0 aromatic heterocycles. The summed E-state index contributed by atoms with van der Waals surface area (Å²) in [5.41, 5.74) is 17.3. The van der Waals surface area contributed by atoms with Crippen molar-refractivity contribution in [2.45, 2.75) is 74.9 Å². The number of phenols is 1. The fraction of sp³-hybridized carbons (Fsp3) is 0.444. The van der Waals surface area contributed by atoms with Gasteiger partial charge in [-0.3, -0.25) is 33.8 Å². The maximum Gasteiger partial charge on any atom is 0.328 e. The number of carboxylic acids is 1. The summed E-state index contributed by atoms with van der Waals surface area (Å²) in [7, 11) is 0. The highest BCUT2D eigenvalue weighted by molar-refractivity contribution is 5.97. The van der Waals surface area contributed by atoms with Crippen molar-refractivity contribution in [3.05, 3.63) is 65.7 Å². The van der Waals surface area contributed by atoms with Gasteiger partial charge in [0.2, 0.25) is 35.4 Å². The lowest BCUT2D eigenvalue weighted by Gasteiger charge is -2.27. The molecule has 2 aromatic carbocycles. The molecule has 0 spiro atoms. The van der Waals surface area contributed by atoms with Gasteiger partial charge in [0.1, 0.15) is 48.0 Å². The molecule has 0 saturated carbocycles. The summed E-state index contributed by atoms with van der Waals surface area (Å²) >= 11 is 0. The Morgan fingerprint density at radius 3 is 1.57 bits per heavy atom. The van der Waals surface area contributed by atoms with Crippen molar-refractivity contribution in [3.63, 3.8) is 0 Å². The lowest BCUT2D eigenvalue weighted by atomic mass is 10.0. The van der Waals surface area contributed by atoms with E-state index in [1.165, 1.54) is 31.2 Å². The lowest BCUT2D eigenvalue weighted by Crippen LogP contribution is -2.60. The van der Waals surface area contributed by atoms with Gasteiger partial charge in [-0.15, -0.1) is 0 Å². The number of aromatic hydroxyl groups is 1. The maximum atomic E-state index is 14.0. The molecule has 318 valence electrons. The molecule has 0 unspecified atom stereocenters. The van der Waals surface area contributed by atoms with E-state index in [1.807, 2.05) is 0 Å². The number of aliphatic imine (C=N–C) groups is 1. The molecule has 0 bridgehead atoms. The molecule has 0 aliphatic heterocycles. The van der Waals surface area contributed by atoms with Gasteiger partial charge < -0.3 is 74.6 Å². The third-order valence-electron chi connectivity index (χ3n) is 8.40. The van der Waals surface area contributed by atoms with Crippen LogP contribution in [0.2, 0.25) is 0 Å². The van der Waals surface area contributed by atoms with E-state index in [-0.39, 0.29) is 43.9 Å². The second-order valence-corrected chi connectivity index (χ2v) is 13.0. The van der Waals surface area contributed by atoms with Crippen molar-refractivity contribution in [2.75, 3.05) is 26.4 Å². The molecule has 0 aliphatic carbocycles. The zero-order valence-electron chi connectivity index (χ0n) is 31.7. The van der Waals surface area contributed by atoms with E-state index >= 15 is 0 Å². The summed E-state index contributed by atoms with van der Waals surface area (Å²) in [5.74, 6) is -7.48. The fourth-order valence-electron chi connectivity index (χ4n) is 5.14. The first-order valence-electron chi connectivity index (χ1n) is 18.0. The van der Waals surface area contributed by atoms with Crippen molar-refractivity contribution in [2.24, 2.45) is 22.2 Å². The van der Waals surface area contributed by atoms with Gasteiger partial charge in [-0.25, -0.2) is 4.79 Å². The van der Waals surface area contributed by atoms with Crippen LogP contribution in [0.25, 0.3) is 0 Å². The zero-order chi connectivity index (χ0) is 43.4. The summed E-state index contributed by atoms with van der Waals surface area (Å²) in [5, 5.41) is 61.9. The van der Waals surface area contributed by atoms with E-state index in [1.54, 1.807) is 30.3 Å². The number of benzene rings is 2. The molecule has 0 aliphatic rings. The van der Waals surface area contributed by atoms with Crippen LogP contribution in [0.5, 0.6) is 5.75 Å². The second kappa shape index (κ2) is 24.3. The zero-order valence-corrected chi connectivity index (χ0v) is 31.7. The first-order chi connectivity index (χ1) is 27.5. The normalized spacial score (nSPS) is 14.4. The molecule has 22 nitrogen and oxygen atoms in total. The number of hydrogen-bond acceptors (Lipinski definition) is 13. The highest BCUT2D eigenvalue weighted by Crippen LogP contribution is 2.13. The fourth-order valence-corrected chi connectivity index (χ4v) is 5.14. The molecule has 0 heterocycles. The van der Waals surface area contributed by atoms with Crippen LogP contribution in [0.3, 0.4) is 0 Å². The number of aliphatic hydroxyl groups is 3. The highest BCUT2D eigenvalue weighted by Gasteiger charge is 2.33. The van der Waals surface area contributed by atoms with Crippen LogP contribution in [-0.2, 0) is 46.4 Å². The van der Waals surface area contributed by atoms with Crippen molar-refractivity contribution >= 4 is 47.4 Å². The average Bonchev–Trinajstić information content (AvgIpc) is 3.19. The first kappa shape index (κ1) is 47.8. The molecule has 2 aromatic rings. The number of aliphatic hydroxyl groups excluding tert-OH is 3. The van der Waals surface area contributed by atoms with Crippen molar-refractivity contribution in [3.8, 4) is 5.75 Å². The van der Waals surface area contributed by atoms with Crippen molar-refractivity contribution in [1.29, 1.82) is 0 Å². The van der Waals surface area contributed by atoms with Crippen LogP contribution in [-0.4, -0.2) is 142 Å². The molecule has 0 fully saturated rings. The Kier molecular flexibility index (Phi) is 20.0. The largest absolute Gasteiger partial charge is 0.508 e. The molecule has 7 atom stereocenters. The van der Waals surface area contributed by atoms with Crippen LogP contribution in [0.15, 0.2) is 59.6 Å². The number of carboxylic acid groups (broad SMARTS) is 1. The minimum atomic E-state index is -1.72. The molecule has 2 rings (SSSR count). The number of rotatable bonds is 24. The van der Waals surface area contributed by atoms with E-state index < -0.39 is 104 Å². The summed E-state index contributed by atoms with van der Waals surface area (Å²) in [6.45, 7) is -1.31. The van der Waals surface area contributed by atoms with Gasteiger partial charge in [0, 0.05) is 19.4 Å². The quantitative estimate of drug-likeness (QED) is 0.0267. The van der Waals surface area contributed by atoms with E-state index in [4.69, 9.17) is 22.3 Å². The predicted molar refractivity (Wildman–Crippen MR) is 206 cm³/mol. The van der Waals surface area contributed by atoms with Crippen LogP contribution in [0.1, 0.15) is 30.9 Å². The molecule has 58 heavy (non-hydrogen) atoms. The Balaban J connectivity index is 2.41. The monoisotopic (exact) mass is 816 g/mol. The number of nitrogens with zero attached hydrogens (tertiary/aromatic N) is 1.